The summed E-state index contributed by atoms with van der Waals surface area (Å²) in [5.41, 5.74) is 0.593. The zero-order valence-electron chi connectivity index (χ0n) is 14.0. The van der Waals surface area contributed by atoms with Crippen molar-refractivity contribution in [2.75, 3.05) is 11.9 Å². The topological polar surface area (TPSA) is 111 Å². The number of carbonyl (C=O) groups is 1. The number of nitrogens with zero attached hydrogens (tertiary/aromatic N) is 1. The van der Waals surface area contributed by atoms with Gasteiger partial charge >= 0.3 is 6.61 Å². The van der Waals surface area contributed by atoms with Crippen molar-refractivity contribution in [3.05, 3.63) is 35.7 Å². The smallest absolute Gasteiger partial charge is 0.387 e. The number of alkyl halides is 2. The molecule has 2 aromatic rings. The summed E-state index contributed by atoms with van der Waals surface area (Å²) in [7, 11) is -3.84. The van der Waals surface area contributed by atoms with E-state index in [9.17, 15) is 22.0 Å². The third kappa shape index (κ3) is 5.23. The van der Waals surface area contributed by atoms with Crippen LogP contribution in [-0.4, -0.2) is 32.6 Å². The van der Waals surface area contributed by atoms with Gasteiger partial charge in [-0.05, 0) is 38.1 Å². The molecule has 11 heteroatoms. The van der Waals surface area contributed by atoms with Crippen molar-refractivity contribution in [3.63, 3.8) is 0 Å². The number of carbonyl (C=O) groups excluding carboxylic acids is 1. The first-order chi connectivity index (χ1) is 12.2. The first kappa shape index (κ1) is 19.8. The molecule has 0 atom stereocenters. The maximum absolute atomic E-state index is 12.2. The monoisotopic (exact) mass is 389 g/mol. The van der Waals surface area contributed by atoms with E-state index in [1.165, 1.54) is 38.1 Å². The van der Waals surface area contributed by atoms with Gasteiger partial charge in [-0.1, -0.05) is 5.16 Å². The number of hydrogen-bond acceptors (Lipinski definition) is 6. The highest BCUT2D eigenvalue weighted by Gasteiger charge is 2.23. The van der Waals surface area contributed by atoms with Crippen LogP contribution in [0, 0.1) is 13.8 Å². The van der Waals surface area contributed by atoms with Crippen LogP contribution >= 0.6 is 0 Å². The average Bonchev–Trinajstić information content (AvgIpc) is 2.88. The number of halogens is 2. The number of aromatic nitrogens is 1. The lowest BCUT2D eigenvalue weighted by atomic mass is 10.3. The maximum atomic E-state index is 12.2. The van der Waals surface area contributed by atoms with Gasteiger partial charge in [-0.15, -0.1) is 0 Å². The zero-order valence-corrected chi connectivity index (χ0v) is 14.8. The number of anilines is 1. The van der Waals surface area contributed by atoms with Gasteiger partial charge in [-0.3, -0.25) is 4.79 Å². The largest absolute Gasteiger partial charge is 0.435 e. The Kier molecular flexibility index (Phi) is 6.27. The molecule has 1 aromatic heterocycles. The van der Waals surface area contributed by atoms with Crippen LogP contribution < -0.4 is 14.8 Å². The van der Waals surface area contributed by atoms with E-state index >= 15 is 0 Å². The van der Waals surface area contributed by atoms with Crippen molar-refractivity contribution in [1.29, 1.82) is 0 Å². The molecule has 0 saturated carbocycles. The van der Waals surface area contributed by atoms with Crippen molar-refractivity contribution < 1.29 is 31.3 Å². The predicted octanol–water partition coefficient (Wildman–Crippen LogP) is 2.20. The van der Waals surface area contributed by atoms with E-state index in [1.54, 1.807) is 0 Å². The summed E-state index contributed by atoms with van der Waals surface area (Å²) in [6.07, 6.45) is -0.127. The molecule has 0 aliphatic carbocycles. The highest BCUT2D eigenvalue weighted by atomic mass is 32.2. The SMILES string of the molecule is Cc1noc(C)c1S(=O)(=O)NCCC(=O)Nc1ccc(OC(F)F)cc1. The molecule has 1 heterocycles. The molecule has 2 N–H and O–H groups in total. The fraction of sp³-hybridized carbons (Fsp3) is 0.333. The van der Waals surface area contributed by atoms with E-state index < -0.39 is 22.5 Å². The van der Waals surface area contributed by atoms with Crippen LogP contribution in [0.25, 0.3) is 0 Å². The van der Waals surface area contributed by atoms with Crippen molar-refractivity contribution in [2.45, 2.75) is 31.8 Å². The number of rotatable bonds is 8. The molecule has 8 nitrogen and oxygen atoms in total. The van der Waals surface area contributed by atoms with Gasteiger partial charge in [-0.2, -0.15) is 8.78 Å². The minimum absolute atomic E-state index is 0.0368. The number of benzene rings is 1. The Hall–Kier alpha value is -2.53. The van der Waals surface area contributed by atoms with Crippen LogP contribution in [0.3, 0.4) is 0 Å². The predicted molar refractivity (Wildman–Crippen MR) is 87.5 cm³/mol. The lowest BCUT2D eigenvalue weighted by molar-refractivity contribution is -0.116. The van der Waals surface area contributed by atoms with E-state index in [4.69, 9.17) is 4.52 Å². The second-order valence-corrected chi connectivity index (χ2v) is 6.96. The van der Waals surface area contributed by atoms with Gasteiger partial charge in [-0.25, -0.2) is 13.1 Å². The van der Waals surface area contributed by atoms with Crippen LogP contribution in [0.5, 0.6) is 5.75 Å². The maximum Gasteiger partial charge on any atom is 0.387 e. The van der Waals surface area contributed by atoms with E-state index in [1.807, 2.05) is 0 Å². The highest BCUT2D eigenvalue weighted by molar-refractivity contribution is 7.89. The Labute approximate surface area is 148 Å². The second kappa shape index (κ2) is 8.23. The summed E-state index contributed by atoms with van der Waals surface area (Å²) in [5.74, 6) is -0.329. The summed E-state index contributed by atoms with van der Waals surface area (Å²) in [4.78, 5) is 11.8. The van der Waals surface area contributed by atoms with Crippen LogP contribution in [0.4, 0.5) is 14.5 Å². The number of amides is 1. The van der Waals surface area contributed by atoms with Crippen LogP contribution in [-0.2, 0) is 14.8 Å². The Morgan fingerprint density at radius 2 is 1.92 bits per heavy atom. The summed E-state index contributed by atoms with van der Waals surface area (Å²) >= 11 is 0. The first-order valence-electron chi connectivity index (χ1n) is 7.46. The average molecular weight is 389 g/mol. The molecule has 142 valence electrons. The number of sulfonamides is 1. The number of aryl methyl sites for hydroxylation is 2. The van der Waals surface area contributed by atoms with Gasteiger partial charge in [0, 0.05) is 18.7 Å². The molecule has 1 amide bonds. The number of hydrogen-bond donors (Lipinski definition) is 2. The van der Waals surface area contributed by atoms with Crippen molar-refractivity contribution >= 4 is 21.6 Å². The molecule has 0 unspecified atom stereocenters. The van der Waals surface area contributed by atoms with Crippen LogP contribution in [0.1, 0.15) is 17.9 Å². The quantitative estimate of drug-likeness (QED) is 0.716. The van der Waals surface area contributed by atoms with Gasteiger partial charge in [0.25, 0.3) is 0 Å². The standard InChI is InChI=1S/C15H17F2N3O5S/c1-9-14(10(2)25-20-9)26(22,23)18-8-7-13(21)19-11-3-5-12(6-4-11)24-15(16)17/h3-6,15,18H,7-8H2,1-2H3,(H,19,21). The Bertz CT molecular complexity index is 846. The summed E-state index contributed by atoms with van der Waals surface area (Å²) < 4.78 is 59.8. The Morgan fingerprint density at radius 3 is 2.46 bits per heavy atom. The molecule has 0 saturated heterocycles. The molecular weight excluding hydrogens is 372 g/mol. The third-order valence-electron chi connectivity index (χ3n) is 3.24. The van der Waals surface area contributed by atoms with Gasteiger partial charge in [0.15, 0.2) is 5.76 Å². The summed E-state index contributed by atoms with van der Waals surface area (Å²) in [6.45, 7) is -0.0895. The molecule has 0 aliphatic rings. The first-order valence-corrected chi connectivity index (χ1v) is 8.94. The molecular formula is C15H17F2N3O5S. The Morgan fingerprint density at radius 1 is 1.27 bits per heavy atom. The van der Waals surface area contributed by atoms with Gasteiger partial charge in [0.2, 0.25) is 15.9 Å². The van der Waals surface area contributed by atoms with Crippen molar-refractivity contribution in [3.8, 4) is 5.75 Å². The third-order valence-corrected chi connectivity index (χ3v) is 4.95. The molecule has 0 bridgehead atoms. The number of ether oxygens (including phenoxy) is 1. The normalized spacial score (nSPS) is 11.6. The molecule has 2 rings (SSSR count). The van der Waals surface area contributed by atoms with E-state index in [0.29, 0.717) is 5.69 Å². The zero-order chi connectivity index (χ0) is 19.3. The minimum Gasteiger partial charge on any atom is -0.435 e. The van der Waals surface area contributed by atoms with Crippen LogP contribution in [0.2, 0.25) is 0 Å². The molecule has 1 aromatic carbocycles. The molecule has 0 spiro atoms. The van der Waals surface area contributed by atoms with Gasteiger partial charge in [0.05, 0.1) is 0 Å². The van der Waals surface area contributed by atoms with Crippen LogP contribution in [0.15, 0.2) is 33.7 Å². The molecule has 26 heavy (non-hydrogen) atoms. The van der Waals surface area contributed by atoms with Gasteiger partial charge < -0.3 is 14.6 Å². The number of nitrogens with one attached hydrogen (secondary N) is 2. The van der Waals surface area contributed by atoms with Gasteiger partial charge in [0.1, 0.15) is 16.3 Å². The van der Waals surface area contributed by atoms with E-state index in [0.717, 1.165) is 0 Å². The Balaban J connectivity index is 1.85. The second-order valence-electron chi connectivity index (χ2n) is 5.25. The lowest BCUT2D eigenvalue weighted by Crippen LogP contribution is -2.28. The fourth-order valence-electron chi connectivity index (χ4n) is 2.17. The molecule has 0 radical (unpaired) electrons. The van der Waals surface area contributed by atoms with Crippen molar-refractivity contribution in [1.82, 2.24) is 9.88 Å². The lowest BCUT2D eigenvalue weighted by Gasteiger charge is -2.08. The van der Waals surface area contributed by atoms with E-state index in [-0.39, 0.29) is 35.1 Å². The summed E-state index contributed by atoms with van der Waals surface area (Å²) in [6, 6.07) is 5.34. The fourth-order valence-corrected chi connectivity index (χ4v) is 3.53. The minimum atomic E-state index is -3.84. The molecule has 0 aliphatic heterocycles. The van der Waals surface area contributed by atoms with E-state index in [2.05, 4.69) is 19.9 Å². The summed E-state index contributed by atoms with van der Waals surface area (Å²) in [5, 5.41) is 6.09. The van der Waals surface area contributed by atoms with Crippen molar-refractivity contribution in [2.24, 2.45) is 0 Å². The molecule has 0 fully saturated rings. The highest BCUT2D eigenvalue weighted by Crippen LogP contribution is 2.19.